The standard InChI is InChI=1S/C24H37N5O3.HI/c1-2-11-29(12-3-1)22(23-7-5-17-32-23)20-27-24(25-9-8-21-6-4-16-31-21)26-10-13-28-14-18-30-19-15-28;/h4-7,16-17,22H,1-3,8-15,18-20H2,(H2,25,26,27);1H. The number of rotatable bonds is 10. The van der Waals surface area contributed by atoms with E-state index in [0.717, 1.165) is 82.9 Å². The van der Waals surface area contributed by atoms with Crippen LogP contribution in [-0.2, 0) is 11.2 Å². The number of ether oxygens (including phenoxy) is 1. The minimum atomic E-state index is 0. The highest BCUT2D eigenvalue weighted by Gasteiger charge is 2.24. The Morgan fingerprint density at radius 3 is 2.42 bits per heavy atom. The van der Waals surface area contributed by atoms with Crippen molar-refractivity contribution in [1.29, 1.82) is 0 Å². The fourth-order valence-electron chi connectivity index (χ4n) is 4.36. The van der Waals surface area contributed by atoms with E-state index in [4.69, 9.17) is 18.6 Å². The van der Waals surface area contributed by atoms with Gasteiger partial charge in [0.1, 0.15) is 11.5 Å². The van der Waals surface area contributed by atoms with E-state index in [1.807, 2.05) is 18.2 Å². The molecule has 9 heteroatoms. The minimum Gasteiger partial charge on any atom is -0.469 e. The van der Waals surface area contributed by atoms with E-state index in [1.165, 1.54) is 19.3 Å². The predicted molar refractivity (Wildman–Crippen MR) is 140 cm³/mol. The van der Waals surface area contributed by atoms with Gasteiger partial charge in [-0.3, -0.25) is 14.8 Å². The molecule has 4 heterocycles. The van der Waals surface area contributed by atoms with Crippen molar-refractivity contribution < 1.29 is 13.6 Å². The Morgan fingerprint density at radius 2 is 1.70 bits per heavy atom. The molecule has 0 aromatic carbocycles. The Kier molecular flexibility index (Phi) is 11.6. The predicted octanol–water partition coefficient (Wildman–Crippen LogP) is 3.13. The van der Waals surface area contributed by atoms with E-state index in [9.17, 15) is 0 Å². The molecule has 0 amide bonds. The molecule has 2 fully saturated rings. The molecule has 8 nitrogen and oxygen atoms in total. The lowest BCUT2D eigenvalue weighted by atomic mass is 10.1. The van der Waals surface area contributed by atoms with E-state index < -0.39 is 0 Å². The van der Waals surface area contributed by atoms with Crippen LogP contribution in [0.3, 0.4) is 0 Å². The fraction of sp³-hybridized carbons (Fsp3) is 0.625. The van der Waals surface area contributed by atoms with Crippen LogP contribution < -0.4 is 10.6 Å². The molecule has 2 aliphatic heterocycles. The maximum Gasteiger partial charge on any atom is 0.191 e. The number of nitrogens with zero attached hydrogens (tertiary/aromatic N) is 3. The molecule has 184 valence electrons. The first kappa shape index (κ1) is 26.1. The molecule has 0 saturated carbocycles. The first-order valence-electron chi connectivity index (χ1n) is 12.0. The van der Waals surface area contributed by atoms with E-state index in [1.54, 1.807) is 12.5 Å². The summed E-state index contributed by atoms with van der Waals surface area (Å²) in [7, 11) is 0. The lowest BCUT2D eigenvalue weighted by molar-refractivity contribution is 0.0389. The van der Waals surface area contributed by atoms with E-state index in [0.29, 0.717) is 6.54 Å². The van der Waals surface area contributed by atoms with Crippen molar-refractivity contribution in [2.45, 2.75) is 31.7 Å². The molecular weight excluding hydrogens is 533 g/mol. The molecule has 2 aromatic heterocycles. The van der Waals surface area contributed by atoms with E-state index >= 15 is 0 Å². The number of likely N-dealkylation sites (tertiary alicyclic amines) is 1. The van der Waals surface area contributed by atoms with Gasteiger partial charge in [0.2, 0.25) is 0 Å². The Labute approximate surface area is 214 Å². The molecule has 2 N–H and O–H groups in total. The van der Waals surface area contributed by atoms with Gasteiger partial charge in [-0.1, -0.05) is 6.42 Å². The van der Waals surface area contributed by atoms with Crippen molar-refractivity contribution in [1.82, 2.24) is 20.4 Å². The molecule has 2 aliphatic rings. The molecule has 4 rings (SSSR count). The van der Waals surface area contributed by atoms with Crippen LogP contribution in [0.1, 0.15) is 36.8 Å². The number of halogens is 1. The highest BCUT2D eigenvalue weighted by atomic mass is 127. The summed E-state index contributed by atoms with van der Waals surface area (Å²) in [6, 6.07) is 8.16. The summed E-state index contributed by atoms with van der Waals surface area (Å²) in [6.45, 7) is 9.11. The van der Waals surface area contributed by atoms with Crippen molar-refractivity contribution in [3.8, 4) is 0 Å². The summed E-state index contributed by atoms with van der Waals surface area (Å²) in [6.07, 6.45) is 8.11. The van der Waals surface area contributed by atoms with Crippen LogP contribution in [0, 0.1) is 0 Å². The van der Waals surface area contributed by atoms with E-state index in [2.05, 4.69) is 26.5 Å². The van der Waals surface area contributed by atoms with Gasteiger partial charge in [0.05, 0.1) is 38.3 Å². The highest BCUT2D eigenvalue weighted by molar-refractivity contribution is 14.0. The number of piperidine rings is 1. The highest BCUT2D eigenvalue weighted by Crippen LogP contribution is 2.25. The summed E-state index contributed by atoms with van der Waals surface area (Å²) in [5.41, 5.74) is 0. The normalized spacial score (nSPS) is 19.1. The van der Waals surface area contributed by atoms with Gasteiger partial charge in [-0.2, -0.15) is 0 Å². The third-order valence-corrected chi connectivity index (χ3v) is 6.19. The number of aliphatic imine (C=N–C) groups is 1. The SMILES string of the molecule is I.c1coc(CCNC(=NCC(c2ccco2)N2CCCCC2)NCCN2CCOCC2)c1. The van der Waals surface area contributed by atoms with E-state index in [-0.39, 0.29) is 30.0 Å². The lowest BCUT2D eigenvalue weighted by Crippen LogP contribution is -2.45. The van der Waals surface area contributed by atoms with Gasteiger partial charge in [0, 0.05) is 39.1 Å². The maximum atomic E-state index is 5.79. The molecule has 0 radical (unpaired) electrons. The second-order valence-electron chi connectivity index (χ2n) is 8.45. The Hall–Kier alpha value is -1.56. The van der Waals surface area contributed by atoms with Crippen LogP contribution >= 0.6 is 24.0 Å². The monoisotopic (exact) mass is 571 g/mol. The topological polar surface area (TPSA) is 78.4 Å². The van der Waals surface area contributed by atoms with Gasteiger partial charge in [0.25, 0.3) is 0 Å². The Morgan fingerprint density at radius 1 is 0.939 bits per heavy atom. The van der Waals surface area contributed by atoms with Gasteiger partial charge in [-0.25, -0.2) is 0 Å². The molecule has 2 saturated heterocycles. The molecular formula is C24H38IN5O3. The van der Waals surface area contributed by atoms with Crippen LogP contribution in [0.2, 0.25) is 0 Å². The van der Waals surface area contributed by atoms with Gasteiger partial charge in [-0.15, -0.1) is 24.0 Å². The van der Waals surface area contributed by atoms with Crippen molar-refractivity contribution in [2.24, 2.45) is 4.99 Å². The average molecular weight is 572 g/mol. The second kappa shape index (κ2) is 14.6. The number of furan rings is 2. The molecule has 0 aliphatic carbocycles. The maximum absolute atomic E-state index is 5.79. The number of hydrogen-bond donors (Lipinski definition) is 2. The van der Waals surface area contributed by atoms with Gasteiger partial charge < -0.3 is 24.2 Å². The molecule has 1 unspecified atom stereocenters. The van der Waals surface area contributed by atoms with Crippen molar-refractivity contribution >= 4 is 29.9 Å². The fourth-order valence-corrected chi connectivity index (χ4v) is 4.36. The van der Waals surface area contributed by atoms with Gasteiger partial charge in [-0.05, 0) is 50.2 Å². The minimum absolute atomic E-state index is 0. The third kappa shape index (κ3) is 8.62. The zero-order valence-corrected chi connectivity index (χ0v) is 21.7. The number of morpholine rings is 1. The van der Waals surface area contributed by atoms with Gasteiger partial charge in [0.15, 0.2) is 5.96 Å². The van der Waals surface area contributed by atoms with Crippen LogP contribution in [-0.4, -0.2) is 81.3 Å². The summed E-state index contributed by atoms with van der Waals surface area (Å²) < 4.78 is 16.7. The second-order valence-corrected chi connectivity index (χ2v) is 8.45. The molecule has 0 spiro atoms. The zero-order valence-electron chi connectivity index (χ0n) is 19.4. The number of nitrogens with one attached hydrogen (secondary N) is 2. The molecule has 2 aromatic rings. The Bertz CT molecular complexity index is 772. The third-order valence-electron chi connectivity index (χ3n) is 6.19. The smallest absolute Gasteiger partial charge is 0.191 e. The summed E-state index contributed by atoms with van der Waals surface area (Å²) in [4.78, 5) is 9.92. The zero-order chi connectivity index (χ0) is 21.8. The summed E-state index contributed by atoms with van der Waals surface area (Å²) in [5, 5.41) is 7.01. The number of hydrogen-bond acceptors (Lipinski definition) is 6. The Balaban J connectivity index is 0.00000306. The average Bonchev–Trinajstić information content (AvgIpc) is 3.55. The largest absolute Gasteiger partial charge is 0.469 e. The molecule has 33 heavy (non-hydrogen) atoms. The lowest BCUT2D eigenvalue weighted by Gasteiger charge is -2.32. The van der Waals surface area contributed by atoms with Crippen molar-refractivity contribution in [3.05, 3.63) is 48.3 Å². The molecule has 1 atom stereocenters. The van der Waals surface area contributed by atoms with Crippen molar-refractivity contribution in [3.63, 3.8) is 0 Å². The van der Waals surface area contributed by atoms with Crippen molar-refractivity contribution in [2.75, 3.05) is 65.6 Å². The van der Waals surface area contributed by atoms with Crippen LogP contribution in [0.5, 0.6) is 0 Å². The van der Waals surface area contributed by atoms with Crippen LogP contribution in [0.25, 0.3) is 0 Å². The molecule has 0 bridgehead atoms. The first-order chi connectivity index (χ1) is 15.9. The van der Waals surface area contributed by atoms with Crippen LogP contribution in [0.15, 0.2) is 50.6 Å². The number of guanidine groups is 1. The van der Waals surface area contributed by atoms with Crippen LogP contribution in [0.4, 0.5) is 0 Å². The van der Waals surface area contributed by atoms with Gasteiger partial charge >= 0.3 is 0 Å². The quantitative estimate of drug-likeness (QED) is 0.258. The summed E-state index contributed by atoms with van der Waals surface area (Å²) in [5.74, 6) is 2.82. The first-order valence-corrected chi connectivity index (χ1v) is 12.0. The summed E-state index contributed by atoms with van der Waals surface area (Å²) >= 11 is 0.